The van der Waals surface area contributed by atoms with Crippen molar-refractivity contribution in [1.29, 1.82) is 0 Å². The van der Waals surface area contributed by atoms with Crippen LogP contribution in [0.3, 0.4) is 0 Å². The highest BCUT2D eigenvalue weighted by Gasteiger charge is 2.21. The van der Waals surface area contributed by atoms with Gasteiger partial charge in [0, 0.05) is 12.4 Å². The first kappa shape index (κ1) is 12.1. The van der Waals surface area contributed by atoms with Gasteiger partial charge in [0.05, 0.1) is 7.57 Å². The van der Waals surface area contributed by atoms with Gasteiger partial charge in [-0.15, -0.1) is 11.3 Å². The van der Waals surface area contributed by atoms with Gasteiger partial charge in [-0.2, -0.15) is 0 Å². The molecule has 0 fully saturated rings. The molecule has 0 saturated heterocycles. The quantitative estimate of drug-likeness (QED) is 0.851. The number of thiophene rings is 1. The van der Waals surface area contributed by atoms with Gasteiger partial charge in [-0.25, -0.2) is 18.1 Å². The first-order valence-electron chi connectivity index (χ1n) is 3.96. The van der Waals surface area contributed by atoms with Crippen LogP contribution in [0.2, 0.25) is 0 Å². The molecule has 0 aromatic carbocycles. The van der Waals surface area contributed by atoms with Gasteiger partial charge in [-0.05, 0) is 37.9 Å². The Bertz CT molecular complexity index is 591. The molecule has 0 spiro atoms. The molecule has 2 aromatic heterocycles. The zero-order valence-electron chi connectivity index (χ0n) is 7.57. The number of nitrogens with one attached hydrogen (secondary N) is 2. The van der Waals surface area contributed by atoms with Gasteiger partial charge in [0.2, 0.25) is 5.95 Å². The van der Waals surface area contributed by atoms with E-state index in [-0.39, 0.29) is 10.8 Å². The number of anilines is 1. The van der Waals surface area contributed by atoms with E-state index < -0.39 is 10.0 Å². The van der Waals surface area contributed by atoms with Crippen LogP contribution in [0, 0.1) is 0 Å². The number of rotatable bonds is 3. The third-order valence-electron chi connectivity index (χ3n) is 1.64. The molecule has 0 saturated carbocycles. The van der Waals surface area contributed by atoms with E-state index in [1.165, 1.54) is 29.8 Å². The highest BCUT2D eigenvalue weighted by molar-refractivity contribution is 9.12. The Labute approximate surface area is 113 Å². The fraction of sp³-hybridized carbons (Fsp3) is 0. The Kier molecular flexibility index (Phi) is 3.38. The number of halogens is 2. The van der Waals surface area contributed by atoms with Crippen LogP contribution in [-0.2, 0) is 10.0 Å². The van der Waals surface area contributed by atoms with E-state index >= 15 is 0 Å². The SMILES string of the molecule is O=S(=O)(Nc1ncc[nH]1)c1cc(Br)sc1Br. The van der Waals surface area contributed by atoms with Crippen molar-refractivity contribution in [3.8, 4) is 0 Å². The summed E-state index contributed by atoms with van der Waals surface area (Å²) in [7, 11) is -3.60. The van der Waals surface area contributed by atoms with Gasteiger partial charge in [0.1, 0.15) is 4.90 Å². The topological polar surface area (TPSA) is 74.8 Å². The van der Waals surface area contributed by atoms with Crippen molar-refractivity contribution in [2.24, 2.45) is 0 Å². The Hall–Kier alpha value is -0.380. The van der Waals surface area contributed by atoms with E-state index in [0.717, 1.165) is 3.79 Å². The van der Waals surface area contributed by atoms with Crippen LogP contribution >= 0.6 is 43.2 Å². The summed E-state index contributed by atoms with van der Waals surface area (Å²) in [5.41, 5.74) is 0. The average molecular weight is 387 g/mol. The Morgan fingerprint density at radius 2 is 2.19 bits per heavy atom. The van der Waals surface area contributed by atoms with Crippen LogP contribution in [-0.4, -0.2) is 18.4 Å². The summed E-state index contributed by atoms with van der Waals surface area (Å²) in [5.74, 6) is 0.189. The van der Waals surface area contributed by atoms with Crippen LogP contribution in [0.1, 0.15) is 0 Å². The molecule has 16 heavy (non-hydrogen) atoms. The van der Waals surface area contributed by atoms with Crippen molar-refractivity contribution in [3.05, 3.63) is 26.0 Å². The highest BCUT2D eigenvalue weighted by atomic mass is 79.9. The highest BCUT2D eigenvalue weighted by Crippen LogP contribution is 2.35. The summed E-state index contributed by atoms with van der Waals surface area (Å²) < 4.78 is 27.4. The van der Waals surface area contributed by atoms with Crippen LogP contribution in [0.15, 0.2) is 30.9 Å². The molecule has 2 rings (SSSR count). The fourth-order valence-corrected chi connectivity index (χ4v) is 5.80. The molecular weight excluding hydrogens is 382 g/mol. The lowest BCUT2D eigenvalue weighted by Crippen LogP contribution is -2.13. The van der Waals surface area contributed by atoms with Gasteiger partial charge in [0.25, 0.3) is 10.0 Å². The molecule has 0 aliphatic rings. The fourth-order valence-electron chi connectivity index (χ4n) is 1.01. The summed E-state index contributed by atoms with van der Waals surface area (Å²) in [4.78, 5) is 6.64. The molecule has 0 amide bonds. The minimum absolute atomic E-state index is 0.181. The second-order valence-corrected chi connectivity index (χ2v) is 8.13. The maximum Gasteiger partial charge on any atom is 0.266 e. The molecular formula is C7H5Br2N3O2S2. The monoisotopic (exact) mass is 385 g/mol. The van der Waals surface area contributed by atoms with Crippen LogP contribution in [0.4, 0.5) is 5.95 Å². The standard InChI is InChI=1S/C7H5Br2N3O2S2/c8-5-3-4(6(9)15-5)16(13,14)12-7-10-1-2-11-7/h1-3H,(H2,10,11,12). The minimum atomic E-state index is -3.60. The van der Waals surface area contributed by atoms with Crippen molar-refractivity contribution in [1.82, 2.24) is 9.97 Å². The number of hydrogen-bond acceptors (Lipinski definition) is 4. The third-order valence-corrected chi connectivity index (χ3v) is 5.74. The van der Waals surface area contributed by atoms with E-state index in [0.29, 0.717) is 3.79 Å². The molecule has 0 bridgehead atoms. The number of imidazole rings is 1. The molecule has 9 heteroatoms. The van der Waals surface area contributed by atoms with Crippen molar-refractivity contribution >= 4 is 59.2 Å². The summed E-state index contributed by atoms with van der Waals surface area (Å²) in [6.07, 6.45) is 3.01. The molecule has 0 aliphatic heterocycles. The summed E-state index contributed by atoms with van der Waals surface area (Å²) >= 11 is 7.71. The second-order valence-electron chi connectivity index (χ2n) is 2.73. The van der Waals surface area contributed by atoms with Crippen LogP contribution in [0.25, 0.3) is 0 Å². The molecule has 2 aromatic rings. The van der Waals surface area contributed by atoms with Crippen molar-refractivity contribution in [3.63, 3.8) is 0 Å². The number of aromatic amines is 1. The first-order valence-corrected chi connectivity index (χ1v) is 7.84. The second kappa shape index (κ2) is 4.47. The van der Waals surface area contributed by atoms with E-state index in [4.69, 9.17) is 0 Å². The maximum absolute atomic E-state index is 11.9. The lowest BCUT2D eigenvalue weighted by Gasteiger charge is -2.03. The minimum Gasteiger partial charge on any atom is -0.330 e. The van der Waals surface area contributed by atoms with Crippen LogP contribution in [0.5, 0.6) is 0 Å². The lowest BCUT2D eigenvalue weighted by atomic mass is 10.7. The van der Waals surface area contributed by atoms with E-state index in [9.17, 15) is 8.42 Å². The Morgan fingerprint density at radius 3 is 2.69 bits per heavy atom. The zero-order valence-corrected chi connectivity index (χ0v) is 12.4. The van der Waals surface area contributed by atoms with Gasteiger partial charge in [0.15, 0.2) is 0 Å². The van der Waals surface area contributed by atoms with Crippen molar-refractivity contribution < 1.29 is 8.42 Å². The van der Waals surface area contributed by atoms with Crippen molar-refractivity contribution in [2.45, 2.75) is 4.90 Å². The van der Waals surface area contributed by atoms with E-state index in [2.05, 4.69) is 46.5 Å². The summed E-state index contributed by atoms with van der Waals surface area (Å²) in [6, 6.07) is 1.53. The molecule has 0 unspecified atom stereocenters. The van der Waals surface area contributed by atoms with Gasteiger partial charge in [-0.3, -0.25) is 0 Å². The molecule has 86 valence electrons. The van der Waals surface area contributed by atoms with E-state index in [1.54, 1.807) is 0 Å². The Morgan fingerprint density at radius 1 is 1.44 bits per heavy atom. The lowest BCUT2D eigenvalue weighted by molar-refractivity contribution is 0.601. The number of sulfonamides is 1. The predicted molar refractivity (Wildman–Crippen MR) is 69.1 cm³/mol. The number of aromatic nitrogens is 2. The van der Waals surface area contributed by atoms with Gasteiger partial charge < -0.3 is 4.98 Å². The van der Waals surface area contributed by atoms with E-state index in [1.807, 2.05) is 0 Å². The van der Waals surface area contributed by atoms with Gasteiger partial charge in [-0.1, -0.05) is 0 Å². The third kappa shape index (κ3) is 2.47. The Balaban J connectivity index is 2.36. The zero-order chi connectivity index (χ0) is 11.8. The molecule has 0 atom stereocenters. The summed E-state index contributed by atoms with van der Waals surface area (Å²) in [5, 5.41) is 0. The maximum atomic E-state index is 11.9. The molecule has 5 nitrogen and oxygen atoms in total. The molecule has 2 N–H and O–H groups in total. The normalized spacial score (nSPS) is 11.6. The molecule has 2 heterocycles. The first-order chi connectivity index (χ1) is 7.49. The van der Waals surface area contributed by atoms with Crippen molar-refractivity contribution in [2.75, 3.05) is 4.72 Å². The van der Waals surface area contributed by atoms with Crippen LogP contribution < -0.4 is 4.72 Å². The van der Waals surface area contributed by atoms with Gasteiger partial charge >= 0.3 is 0 Å². The molecule has 0 aliphatic carbocycles. The largest absolute Gasteiger partial charge is 0.330 e. The molecule has 0 radical (unpaired) electrons. The smallest absolute Gasteiger partial charge is 0.266 e. The number of H-pyrrole nitrogens is 1. The predicted octanol–water partition coefficient (Wildman–Crippen LogP) is 2.80. The summed E-state index contributed by atoms with van der Waals surface area (Å²) in [6.45, 7) is 0. The number of nitrogens with zero attached hydrogens (tertiary/aromatic N) is 1. The number of hydrogen-bond donors (Lipinski definition) is 2. The average Bonchev–Trinajstić information content (AvgIpc) is 2.75.